The molecule has 0 aliphatic rings. The number of rotatable bonds is 5. The third kappa shape index (κ3) is 2.99. The Hall–Kier alpha value is -2.19. The minimum atomic E-state index is 0.324. The van der Waals surface area contributed by atoms with Gasteiger partial charge < -0.3 is 9.47 Å². The number of hydrogen-bond acceptors (Lipinski definition) is 7. The lowest BCUT2D eigenvalue weighted by molar-refractivity contribution is 0.359. The third-order valence-corrected chi connectivity index (χ3v) is 4.53. The average molecular weight is 352 g/mol. The molecule has 0 spiro atoms. The molecule has 0 bridgehead atoms. The molecule has 0 atom stereocenters. The van der Waals surface area contributed by atoms with E-state index in [1.54, 1.807) is 13.3 Å². The zero-order valence-corrected chi connectivity index (χ0v) is 14.3. The van der Waals surface area contributed by atoms with E-state index in [9.17, 15) is 0 Å². The van der Waals surface area contributed by atoms with E-state index in [0.717, 1.165) is 10.5 Å². The highest BCUT2D eigenvalue weighted by Gasteiger charge is 2.14. The van der Waals surface area contributed by atoms with Crippen LogP contribution < -0.4 is 14.2 Å². The van der Waals surface area contributed by atoms with Crippen LogP contribution in [0.3, 0.4) is 0 Å². The molecule has 3 aromatic rings. The first-order valence-corrected chi connectivity index (χ1v) is 7.85. The maximum atomic E-state index is 6.12. The van der Waals surface area contributed by atoms with Gasteiger partial charge in [0, 0.05) is 9.92 Å². The molecule has 1 N–H and O–H groups in total. The molecule has 120 valence electrons. The number of methoxy groups -OCH3 is 2. The molecule has 2 aromatic heterocycles. The Morgan fingerprint density at radius 3 is 2.83 bits per heavy atom. The normalized spacial score (nSPS) is 10.8. The Bertz CT molecular complexity index is 814. The van der Waals surface area contributed by atoms with Gasteiger partial charge in [0.25, 0.3) is 5.95 Å². The second-order valence-electron chi connectivity index (χ2n) is 4.55. The van der Waals surface area contributed by atoms with Gasteiger partial charge in [-0.25, -0.2) is 0 Å². The molecular weight excluding hydrogens is 338 g/mol. The fourth-order valence-corrected chi connectivity index (χ4v) is 2.88. The lowest BCUT2D eigenvalue weighted by Gasteiger charge is -2.06. The van der Waals surface area contributed by atoms with Crippen molar-refractivity contribution >= 4 is 35.1 Å². The Kier molecular flexibility index (Phi) is 4.44. The molecule has 1 aromatic carbocycles. The first kappa shape index (κ1) is 15.7. The minimum Gasteiger partial charge on any atom is -0.491 e. The summed E-state index contributed by atoms with van der Waals surface area (Å²) >= 11 is 7.50. The van der Waals surface area contributed by atoms with Gasteiger partial charge in [0.15, 0.2) is 5.75 Å². The van der Waals surface area contributed by atoms with E-state index < -0.39 is 0 Å². The summed E-state index contributed by atoms with van der Waals surface area (Å²) in [5.41, 5.74) is 1.51. The van der Waals surface area contributed by atoms with Gasteiger partial charge in [-0.15, -0.1) is 5.10 Å². The number of hydrogen-bond donors (Lipinski definition) is 1. The lowest BCUT2D eigenvalue weighted by Crippen LogP contribution is -2.00. The summed E-state index contributed by atoms with van der Waals surface area (Å²) in [6.45, 7) is 1.96. The van der Waals surface area contributed by atoms with Crippen LogP contribution in [0.15, 0.2) is 29.3 Å². The summed E-state index contributed by atoms with van der Waals surface area (Å²) in [4.78, 5) is 9.51. The fraction of sp³-hybridized carbons (Fsp3) is 0.214. The molecule has 0 fully saturated rings. The fourth-order valence-electron chi connectivity index (χ4n) is 1.96. The lowest BCUT2D eigenvalue weighted by atomic mass is 10.2. The van der Waals surface area contributed by atoms with Crippen LogP contribution in [-0.4, -0.2) is 33.8 Å². The summed E-state index contributed by atoms with van der Waals surface area (Å²) in [7, 11) is 3.07. The highest BCUT2D eigenvalue weighted by molar-refractivity contribution is 8.00. The van der Waals surface area contributed by atoms with Crippen LogP contribution in [0.25, 0.3) is 5.65 Å². The monoisotopic (exact) mass is 351 g/mol. The van der Waals surface area contributed by atoms with E-state index in [0.29, 0.717) is 28.4 Å². The van der Waals surface area contributed by atoms with Gasteiger partial charge in [-0.05, 0) is 36.6 Å². The molecule has 0 saturated carbocycles. The van der Waals surface area contributed by atoms with Gasteiger partial charge in [-0.2, -0.15) is 14.5 Å². The summed E-state index contributed by atoms with van der Waals surface area (Å²) in [6.07, 6.45) is 1.54. The van der Waals surface area contributed by atoms with Crippen LogP contribution in [0, 0.1) is 6.92 Å². The molecule has 0 unspecified atom stereocenters. The van der Waals surface area contributed by atoms with E-state index in [-0.39, 0.29) is 0 Å². The number of benzene rings is 1. The van der Waals surface area contributed by atoms with E-state index in [2.05, 4.69) is 19.8 Å². The summed E-state index contributed by atoms with van der Waals surface area (Å²) < 4.78 is 15.0. The van der Waals surface area contributed by atoms with E-state index in [1.165, 1.54) is 23.6 Å². The molecule has 9 heteroatoms. The topological polar surface area (TPSA) is 73.6 Å². The standard InChI is InChI=1S/C14H14ClN5O2S/c1-8-9(15)5-4-6-11(8)23-19-13-17-12-10(21-2)7-16-14(22-3)20(12)18-13/h4-7H,1-3H3,(H,18,19). The molecule has 2 heterocycles. The largest absolute Gasteiger partial charge is 0.491 e. The molecule has 7 nitrogen and oxygen atoms in total. The number of aromatic nitrogens is 4. The van der Waals surface area contributed by atoms with E-state index in [4.69, 9.17) is 21.1 Å². The molecule has 3 rings (SSSR count). The van der Waals surface area contributed by atoms with Gasteiger partial charge in [0.2, 0.25) is 5.65 Å². The van der Waals surface area contributed by atoms with Crippen LogP contribution in [0.4, 0.5) is 5.95 Å². The van der Waals surface area contributed by atoms with Crippen molar-refractivity contribution in [3.05, 3.63) is 35.0 Å². The molecule has 0 radical (unpaired) electrons. The van der Waals surface area contributed by atoms with Crippen molar-refractivity contribution in [3.8, 4) is 11.8 Å². The Balaban J connectivity index is 1.90. The van der Waals surface area contributed by atoms with Crippen molar-refractivity contribution in [2.75, 3.05) is 18.9 Å². The number of ether oxygens (including phenoxy) is 2. The first-order valence-electron chi connectivity index (χ1n) is 6.65. The summed E-state index contributed by atoms with van der Waals surface area (Å²) in [5, 5.41) is 5.05. The molecule has 0 aliphatic heterocycles. The van der Waals surface area contributed by atoms with Crippen molar-refractivity contribution in [1.82, 2.24) is 19.6 Å². The Morgan fingerprint density at radius 2 is 2.09 bits per heavy atom. The zero-order valence-electron chi connectivity index (χ0n) is 12.7. The Morgan fingerprint density at radius 1 is 1.26 bits per heavy atom. The highest BCUT2D eigenvalue weighted by Crippen LogP contribution is 2.29. The van der Waals surface area contributed by atoms with E-state index in [1.807, 2.05) is 25.1 Å². The van der Waals surface area contributed by atoms with Crippen molar-refractivity contribution in [2.24, 2.45) is 0 Å². The molecule has 0 saturated heterocycles. The van der Waals surface area contributed by atoms with Crippen molar-refractivity contribution < 1.29 is 9.47 Å². The van der Waals surface area contributed by atoms with Gasteiger partial charge >= 0.3 is 6.01 Å². The number of anilines is 1. The van der Waals surface area contributed by atoms with Crippen LogP contribution in [-0.2, 0) is 0 Å². The van der Waals surface area contributed by atoms with Crippen molar-refractivity contribution in [3.63, 3.8) is 0 Å². The number of nitrogens with zero attached hydrogens (tertiary/aromatic N) is 4. The van der Waals surface area contributed by atoms with Crippen LogP contribution in [0.5, 0.6) is 11.8 Å². The second kappa shape index (κ2) is 6.51. The number of halogens is 1. The highest BCUT2D eigenvalue weighted by atomic mass is 35.5. The molecule has 23 heavy (non-hydrogen) atoms. The third-order valence-electron chi connectivity index (χ3n) is 3.17. The number of nitrogens with one attached hydrogen (secondary N) is 1. The predicted octanol–water partition coefficient (Wildman–Crippen LogP) is 3.22. The first-order chi connectivity index (χ1) is 11.1. The van der Waals surface area contributed by atoms with Gasteiger partial charge in [0.1, 0.15) is 0 Å². The van der Waals surface area contributed by atoms with Crippen LogP contribution in [0.1, 0.15) is 5.56 Å². The van der Waals surface area contributed by atoms with Crippen LogP contribution in [0.2, 0.25) is 5.02 Å². The van der Waals surface area contributed by atoms with Gasteiger partial charge in [-0.3, -0.25) is 4.72 Å². The summed E-state index contributed by atoms with van der Waals surface area (Å²) in [5.74, 6) is 0.925. The quantitative estimate of drug-likeness (QED) is 0.707. The SMILES string of the molecule is COc1cnc(OC)n2nc(NSc3cccc(Cl)c3C)nc12. The maximum absolute atomic E-state index is 6.12. The van der Waals surface area contributed by atoms with Crippen molar-refractivity contribution in [2.45, 2.75) is 11.8 Å². The molecular formula is C14H14ClN5O2S. The smallest absolute Gasteiger partial charge is 0.319 e. The molecule has 0 aliphatic carbocycles. The van der Waals surface area contributed by atoms with Gasteiger partial charge in [0.05, 0.1) is 20.4 Å². The Labute approximate surface area is 142 Å². The maximum Gasteiger partial charge on any atom is 0.319 e. The predicted molar refractivity (Wildman–Crippen MR) is 89.6 cm³/mol. The minimum absolute atomic E-state index is 0.324. The average Bonchev–Trinajstić information content (AvgIpc) is 2.99. The zero-order chi connectivity index (χ0) is 16.4. The van der Waals surface area contributed by atoms with Gasteiger partial charge in [-0.1, -0.05) is 17.7 Å². The van der Waals surface area contributed by atoms with E-state index >= 15 is 0 Å². The van der Waals surface area contributed by atoms with Crippen molar-refractivity contribution in [1.29, 1.82) is 0 Å². The summed E-state index contributed by atoms with van der Waals surface area (Å²) in [6, 6.07) is 6.04. The van der Waals surface area contributed by atoms with Crippen LogP contribution >= 0.6 is 23.5 Å². The second-order valence-corrected chi connectivity index (χ2v) is 5.81. The molecule has 0 amide bonds. The number of fused-ring (bicyclic) bond motifs is 1.